The van der Waals surface area contributed by atoms with Crippen LogP contribution in [0.1, 0.15) is 19.8 Å². The van der Waals surface area contributed by atoms with Crippen molar-refractivity contribution < 1.29 is 14.4 Å². The maximum Gasteiger partial charge on any atom is 0.347 e. The van der Waals surface area contributed by atoms with Crippen LogP contribution in [0, 0.1) is 0 Å². The molecule has 6 heteroatoms. The first-order valence-electron chi connectivity index (χ1n) is 10.7. The van der Waals surface area contributed by atoms with Crippen molar-refractivity contribution in [3.05, 3.63) is 58.9 Å². The number of aryl methyl sites for hydroxylation is 1. The number of ether oxygens (including phenoxy) is 1. The fraction of sp³-hybridized carbons (Fsp3) is 0.280. The van der Waals surface area contributed by atoms with Crippen molar-refractivity contribution in [3.8, 4) is 5.75 Å². The van der Waals surface area contributed by atoms with Crippen molar-refractivity contribution in [1.29, 1.82) is 0 Å². The van der Waals surface area contributed by atoms with E-state index in [1.165, 1.54) is 4.90 Å². The van der Waals surface area contributed by atoms with Gasteiger partial charge in [-0.3, -0.25) is 0 Å². The van der Waals surface area contributed by atoms with Gasteiger partial charge in [-0.05, 0) is 61.2 Å². The first-order chi connectivity index (χ1) is 15.2. The number of fused-ring (bicyclic) bond motifs is 4. The van der Waals surface area contributed by atoms with Gasteiger partial charge in [-0.2, -0.15) is 4.40 Å². The third-order valence-electron chi connectivity index (χ3n) is 5.87. The molecule has 158 valence electrons. The Hall–Kier alpha value is -2.83. The first-order valence-corrected chi connectivity index (χ1v) is 11.7. The highest BCUT2D eigenvalue weighted by atomic mass is 32.2. The van der Waals surface area contributed by atoms with Crippen LogP contribution in [0.25, 0.3) is 38.2 Å². The number of benzene rings is 3. The zero-order valence-corrected chi connectivity index (χ0v) is 18.5. The Balaban J connectivity index is 1.82. The van der Waals surface area contributed by atoms with Gasteiger partial charge in [0.2, 0.25) is 0 Å². The van der Waals surface area contributed by atoms with Gasteiger partial charge in [-0.25, -0.2) is 9.36 Å². The highest BCUT2D eigenvalue weighted by Crippen LogP contribution is 2.35. The molecule has 0 aliphatic heterocycles. The summed E-state index contributed by atoms with van der Waals surface area (Å²) < 4.78 is 9.62. The van der Waals surface area contributed by atoms with Crippen molar-refractivity contribution in [3.63, 3.8) is 0 Å². The topological polar surface area (TPSA) is 54.8 Å². The summed E-state index contributed by atoms with van der Waals surface area (Å²) in [4.78, 5) is 14.9. The van der Waals surface area contributed by atoms with Crippen LogP contribution < -0.4 is 14.9 Å². The summed E-state index contributed by atoms with van der Waals surface area (Å²) in [6, 6.07) is 16.2. The standard InChI is InChI=1S/C25H25N2O3S/c1-3-30-16-9-11-20-21(15-16)27-24(26(20)2)18-10-12-22(31-14-5-4-13-28)17-7-6-8-19(23(17)18)25(27)29/h6-12,15,28H,3-5,13-14H2,1-2H3/q+1. The Bertz CT molecular complexity index is 1480. The average Bonchev–Trinajstić information content (AvgIpc) is 3.08. The van der Waals surface area contributed by atoms with Crippen LogP contribution in [0.15, 0.2) is 58.2 Å². The zero-order chi connectivity index (χ0) is 21.5. The normalized spacial score (nSPS) is 12.0. The van der Waals surface area contributed by atoms with Gasteiger partial charge in [0.15, 0.2) is 11.0 Å². The molecule has 0 fully saturated rings. The fourth-order valence-corrected chi connectivity index (χ4v) is 5.55. The number of unbranched alkanes of at least 4 members (excludes halogenated alkanes) is 1. The van der Waals surface area contributed by atoms with E-state index >= 15 is 0 Å². The largest absolute Gasteiger partial charge is 0.494 e. The minimum absolute atomic E-state index is 0.00483. The molecule has 31 heavy (non-hydrogen) atoms. The van der Waals surface area contributed by atoms with Crippen LogP contribution in [0.4, 0.5) is 0 Å². The summed E-state index contributed by atoms with van der Waals surface area (Å²) in [5.74, 6) is 1.71. The molecular formula is C25H25N2O3S+. The molecule has 0 saturated carbocycles. The van der Waals surface area contributed by atoms with Crippen LogP contribution in [-0.4, -0.2) is 28.5 Å². The van der Waals surface area contributed by atoms with Crippen LogP contribution >= 0.6 is 11.8 Å². The first kappa shape index (κ1) is 20.1. The van der Waals surface area contributed by atoms with E-state index < -0.39 is 0 Å². The van der Waals surface area contributed by atoms with Crippen molar-refractivity contribution in [2.45, 2.75) is 24.7 Å². The van der Waals surface area contributed by atoms with E-state index in [0.717, 1.165) is 62.6 Å². The second kappa shape index (κ2) is 8.02. The number of imidazole rings is 1. The number of pyridine rings is 1. The molecule has 2 aromatic heterocycles. The molecule has 3 aromatic carbocycles. The number of hydrogen-bond acceptors (Lipinski definition) is 4. The number of thioether (sulfide) groups is 1. The van der Waals surface area contributed by atoms with Gasteiger partial charge in [0, 0.05) is 23.0 Å². The summed E-state index contributed by atoms with van der Waals surface area (Å²) in [5, 5.41) is 13.0. The maximum absolute atomic E-state index is 13.7. The summed E-state index contributed by atoms with van der Waals surface area (Å²) >= 11 is 1.79. The van der Waals surface area contributed by atoms with Gasteiger partial charge < -0.3 is 9.84 Å². The minimum Gasteiger partial charge on any atom is -0.494 e. The second-order valence-electron chi connectivity index (χ2n) is 7.73. The van der Waals surface area contributed by atoms with Crippen molar-refractivity contribution in [2.24, 2.45) is 7.05 Å². The van der Waals surface area contributed by atoms with Crippen LogP contribution in [0.3, 0.4) is 0 Å². The predicted octanol–water partition coefficient (Wildman–Crippen LogP) is 4.28. The van der Waals surface area contributed by atoms with Gasteiger partial charge in [0.05, 0.1) is 24.4 Å². The molecule has 0 unspecified atom stereocenters. The van der Waals surface area contributed by atoms with Crippen LogP contribution in [0.2, 0.25) is 0 Å². The number of aliphatic hydroxyl groups is 1. The minimum atomic E-state index is -0.00483. The highest BCUT2D eigenvalue weighted by Gasteiger charge is 2.25. The van der Waals surface area contributed by atoms with E-state index in [4.69, 9.17) is 9.84 Å². The number of hydrogen-bond donors (Lipinski definition) is 1. The van der Waals surface area contributed by atoms with E-state index in [-0.39, 0.29) is 12.2 Å². The molecule has 0 amide bonds. The van der Waals surface area contributed by atoms with E-state index in [1.54, 1.807) is 11.8 Å². The average molecular weight is 434 g/mol. The molecule has 2 heterocycles. The third kappa shape index (κ3) is 3.13. The van der Waals surface area contributed by atoms with Crippen LogP contribution in [0.5, 0.6) is 5.75 Å². The molecule has 5 aromatic rings. The highest BCUT2D eigenvalue weighted by molar-refractivity contribution is 7.99. The van der Waals surface area contributed by atoms with Gasteiger partial charge in [-0.15, -0.1) is 11.8 Å². The monoisotopic (exact) mass is 433 g/mol. The number of rotatable bonds is 7. The lowest BCUT2D eigenvalue weighted by Gasteiger charge is -2.09. The summed E-state index contributed by atoms with van der Waals surface area (Å²) in [6.45, 7) is 2.77. The quantitative estimate of drug-likeness (QED) is 0.236. The fourth-order valence-electron chi connectivity index (χ4n) is 4.49. The van der Waals surface area contributed by atoms with Crippen LogP contribution in [-0.2, 0) is 7.05 Å². The summed E-state index contributed by atoms with van der Waals surface area (Å²) in [6.07, 6.45) is 1.78. The van der Waals surface area contributed by atoms with E-state index in [2.05, 4.69) is 22.8 Å². The van der Waals surface area contributed by atoms with Gasteiger partial charge in [0.25, 0.3) is 5.65 Å². The van der Waals surface area contributed by atoms with Crippen molar-refractivity contribution in [1.82, 2.24) is 4.40 Å². The molecule has 0 spiro atoms. The maximum atomic E-state index is 13.7. The van der Waals surface area contributed by atoms with Gasteiger partial charge >= 0.3 is 5.56 Å². The van der Waals surface area contributed by atoms with Gasteiger partial charge in [0.1, 0.15) is 5.75 Å². The predicted molar refractivity (Wildman–Crippen MR) is 127 cm³/mol. The van der Waals surface area contributed by atoms with Crippen molar-refractivity contribution >= 4 is 50.0 Å². The Morgan fingerprint density at radius 3 is 2.71 bits per heavy atom. The number of aromatic nitrogens is 2. The lowest BCUT2D eigenvalue weighted by Crippen LogP contribution is -2.29. The molecule has 0 aliphatic carbocycles. The molecular weight excluding hydrogens is 408 g/mol. The molecule has 5 nitrogen and oxygen atoms in total. The van der Waals surface area contributed by atoms with Crippen molar-refractivity contribution in [2.75, 3.05) is 19.0 Å². The zero-order valence-electron chi connectivity index (χ0n) is 17.7. The number of nitrogens with zero attached hydrogens (tertiary/aromatic N) is 2. The molecule has 0 radical (unpaired) electrons. The van der Waals surface area contributed by atoms with Gasteiger partial charge in [-0.1, -0.05) is 12.1 Å². The Morgan fingerprint density at radius 1 is 1.06 bits per heavy atom. The van der Waals surface area contributed by atoms with E-state index in [0.29, 0.717) is 6.61 Å². The smallest absolute Gasteiger partial charge is 0.347 e. The Kier molecular flexibility index (Phi) is 5.20. The molecule has 1 N–H and O–H groups in total. The molecule has 0 saturated heterocycles. The molecule has 0 bridgehead atoms. The molecule has 0 aliphatic rings. The molecule has 0 atom stereocenters. The third-order valence-corrected chi connectivity index (χ3v) is 7.03. The summed E-state index contributed by atoms with van der Waals surface area (Å²) in [5.41, 5.74) is 2.75. The molecule has 5 rings (SSSR count). The second-order valence-corrected chi connectivity index (χ2v) is 8.86. The number of aliphatic hydroxyl groups excluding tert-OH is 1. The SMILES string of the molecule is CCOc1ccc2c(c1)n1c(=O)c3cccc4c(SCCCCO)ccc(c43)c1[n+]2C. The Morgan fingerprint density at radius 2 is 1.90 bits per heavy atom. The lowest BCUT2D eigenvalue weighted by molar-refractivity contribution is -0.617. The summed E-state index contributed by atoms with van der Waals surface area (Å²) in [7, 11) is 2.01. The van der Waals surface area contributed by atoms with E-state index in [1.807, 2.05) is 48.7 Å². The van der Waals surface area contributed by atoms with E-state index in [9.17, 15) is 4.79 Å². The Labute approximate surface area is 184 Å². The lowest BCUT2D eigenvalue weighted by atomic mass is 10.0.